The molecular weight excluding hydrogens is 266 g/mol. The maximum absolute atomic E-state index is 14.0. The Hall–Kier alpha value is -0.630. The maximum Gasteiger partial charge on any atom is 0.128 e. The SMILES string of the molecule is Cc1cc(F)c(C(Cl)C2CCCCCCC2)cc1F. The molecule has 0 aliphatic heterocycles. The Morgan fingerprint density at radius 2 is 1.58 bits per heavy atom. The Balaban J connectivity index is 2.17. The van der Waals surface area contributed by atoms with Crippen LogP contribution in [-0.4, -0.2) is 0 Å². The number of hydrogen-bond acceptors (Lipinski definition) is 0. The number of rotatable bonds is 2. The Kier molecular flexibility index (Phi) is 5.20. The topological polar surface area (TPSA) is 0 Å². The van der Waals surface area contributed by atoms with E-state index in [1.165, 1.54) is 31.4 Å². The molecule has 0 bridgehead atoms. The van der Waals surface area contributed by atoms with E-state index >= 15 is 0 Å². The molecule has 1 unspecified atom stereocenters. The van der Waals surface area contributed by atoms with Gasteiger partial charge in [-0.25, -0.2) is 8.78 Å². The molecule has 0 spiro atoms. The molecule has 0 aromatic heterocycles. The van der Waals surface area contributed by atoms with Gasteiger partial charge in [-0.15, -0.1) is 11.6 Å². The fourth-order valence-electron chi connectivity index (χ4n) is 2.91. The summed E-state index contributed by atoms with van der Waals surface area (Å²) < 4.78 is 27.6. The average Bonchev–Trinajstić information content (AvgIpc) is 2.32. The van der Waals surface area contributed by atoms with Gasteiger partial charge >= 0.3 is 0 Å². The van der Waals surface area contributed by atoms with Crippen LogP contribution in [0.2, 0.25) is 0 Å². The highest BCUT2D eigenvalue weighted by Gasteiger charge is 2.25. The maximum atomic E-state index is 14.0. The molecule has 0 N–H and O–H groups in total. The van der Waals surface area contributed by atoms with Crippen LogP contribution in [0.25, 0.3) is 0 Å². The first kappa shape index (κ1) is 14.8. The van der Waals surface area contributed by atoms with Crippen LogP contribution in [0.5, 0.6) is 0 Å². The molecule has 106 valence electrons. The molecule has 1 saturated carbocycles. The fourth-order valence-corrected chi connectivity index (χ4v) is 3.33. The van der Waals surface area contributed by atoms with E-state index in [4.69, 9.17) is 11.6 Å². The smallest absolute Gasteiger partial charge is 0.128 e. The normalized spacial score (nSPS) is 19.8. The molecule has 1 aliphatic rings. The zero-order chi connectivity index (χ0) is 13.8. The molecule has 1 fully saturated rings. The third-order valence-electron chi connectivity index (χ3n) is 4.14. The van der Waals surface area contributed by atoms with Gasteiger partial charge in [0.1, 0.15) is 11.6 Å². The summed E-state index contributed by atoms with van der Waals surface area (Å²) in [7, 11) is 0. The predicted molar refractivity (Wildman–Crippen MR) is 75.5 cm³/mol. The molecule has 0 heterocycles. The van der Waals surface area contributed by atoms with E-state index in [9.17, 15) is 8.78 Å². The molecule has 1 aliphatic carbocycles. The molecule has 19 heavy (non-hydrogen) atoms. The average molecular weight is 287 g/mol. The molecule has 2 rings (SSSR count). The first-order valence-corrected chi connectivity index (χ1v) is 7.63. The van der Waals surface area contributed by atoms with Crippen molar-refractivity contribution in [3.63, 3.8) is 0 Å². The van der Waals surface area contributed by atoms with Crippen LogP contribution in [0.4, 0.5) is 8.78 Å². The van der Waals surface area contributed by atoms with Crippen LogP contribution in [0.3, 0.4) is 0 Å². The van der Waals surface area contributed by atoms with Gasteiger partial charge in [0.25, 0.3) is 0 Å². The summed E-state index contributed by atoms with van der Waals surface area (Å²) in [5.74, 6) is -0.479. The summed E-state index contributed by atoms with van der Waals surface area (Å²) in [6, 6.07) is 2.53. The van der Waals surface area contributed by atoms with Gasteiger partial charge in [0.15, 0.2) is 0 Å². The lowest BCUT2D eigenvalue weighted by Gasteiger charge is -2.25. The number of alkyl halides is 1. The summed E-state index contributed by atoms with van der Waals surface area (Å²) >= 11 is 6.43. The van der Waals surface area contributed by atoms with Crippen molar-refractivity contribution in [1.29, 1.82) is 0 Å². The summed E-state index contributed by atoms with van der Waals surface area (Å²) in [6.45, 7) is 1.57. The van der Waals surface area contributed by atoms with Crippen LogP contribution in [0.1, 0.15) is 61.4 Å². The van der Waals surface area contributed by atoms with Crippen molar-refractivity contribution in [3.05, 3.63) is 34.9 Å². The molecule has 0 amide bonds. The van der Waals surface area contributed by atoms with E-state index in [0.29, 0.717) is 11.1 Å². The third kappa shape index (κ3) is 3.68. The van der Waals surface area contributed by atoms with Gasteiger partial charge in [-0.2, -0.15) is 0 Å². The largest absolute Gasteiger partial charge is 0.207 e. The number of aryl methyl sites for hydroxylation is 1. The highest BCUT2D eigenvalue weighted by Crippen LogP contribution is 2.38. The van der Waals surface area contributed by atoms with Gasteiger partial charge in [-0.3, -0.25) is 0 Å². The first-order chi connectivity index (χ1) is 9.09. The predicted octanol–water partition coefficient (Wildman–Crippen LogP) is 5.91. The van der Waals surface area contributed by atoms with E-state index in [1.807, 2.05) is 0 Å². The lowest BCUT2D eigenvalue weighted by molar-refractivity contribution is 0.363. The zero-order valence-corrected chi connectivity index (χ0v) is 12.1. The third-order valence-corrected chi connectivity index (χ3v) is 4.73. The fraction of sp³-hybridized carbons (Fsp3) is 0.625. The lowest BCUT2D eigenvalue weighted by atomic mass is 9.86. The summed E-state index contributed by atoms with van der Waals surface area (Å²) in [5, 5.41) is -0.409. The molecule has 0 nitrogen and oxygen atoms in total. The minimum atomic E-state index is -0.409. The van der Waals surface area contributed by atoms with Gasteiger partial charge in [0, 0.05) is 5.56 Å². The second-order valence-corrected chi connectivity index (χ2v) is 6.10. The van der Waals surface area contributed by atoms with Crippen LogP contribution in [-0.2, 0) is 0 Å². The van der Waals surface area contributed by atoms with Gasteiger partial charge in [0.05, 0.1) is 5.38 Å². The molecule has 0 radical (unpaired) electrons. The first-order valence-electron chi connectivity index (χ1n) is 7.19. The number of halogens is 3. The van der Waals surface area contributed by atoms with Crippen molar-refractivity contribution in [1.82, 2.24) is 0 Å². The van der Waals surface area contributed by atoms with Crippen molar-refractivity contribution in [2.24, 2.45) is 5.92 Å². The molecular formula is C16H21ClF2. The highest BCUT2D eigenvalue weighted by molar-refractivity contribution is 6.21. The summed E-state index contributed by atoms with van der Waals surface area (Å²) in [4.78, 5) is 0. The second kappa shape index (κ2) is 6.69. The Labute approximate surface area is 119 Å². The van der Waals surface area contributed by atoms with E-state index in [0.717, 1.165) is 25.7 Å². The Morgan fingerprint density at radius 1 is 1.00 bits per heavy atom. The van der Waals surface area contributed by atoms with Crippen molar-refractivity contribution in [3.8, 4) is 0 Å². The Bertz CT molecular complexity index is 423. The Morgan fingerprint density at radius 3 is 2.21 bits per heavy atom. The van der Waals surface area contributed by atoms with Gasteiger partial charge < -0.3 is 0 Å². The molecule has 3 heteroatoms. The second-order valence-electron chi connectivity index (χ2n) is 5.63. The van der Waals surface area contributed by atoms with Gasteiger partial charge in [-0.1, -0.05) is 32.1 Å². The molecule has 1 aromatic rings. The number of benzene rings is 1. The highest BCUT2D eigenvalue weighted by atomic mass is 35.5. The van der Waals surface area contributed by atoms with Crippen LogP contribution < -0.4 is 0 Å². The number of hydrogen-bond donors (Lipinski definition) is 0. The summed E-state index contributed by atoms with van der Waals surface area (Å²) in [5.41, 5.74) is 0.665. The van der Waals surface area contributed by atoms with E-state index in [-0.39, 0.29) is 17.6 Å². The van der Waals surface area contributed by atoms with Gasteiger partial charge in [-0.05, 0) is 43.4 Å². The lowest BCUT2D eigenvalue weighted by Crippen LogP contribution is -2.12. The van der Waals surface area contributed by atoms with Crippen molar-refractivity contribution in [2.45, 2.75) is 57.2 Å². The summed E-state index contributed by atoms with van der Waals surface area (Å²) in [6.07, 6.45) is 8.06. The minimum absolute atomic E-state index is 0.263. The molecule has 0 saturated heterocycles. The van der Waals surface area contributed by atoms with E-state index in [2.05, 4.69) is 0 Å². The van der Waals surface area contributed by atoms with E-state index in [1.54, 1.807) is 6.92 Å². The van der Waals surface area contributed by atoms with E-state index < -0.39 is 5.38 Å². The van der Waals surface area contributed by atoms with Gasteiger partial charge in [0.2, 0.25) is 0 Å². The monoisotopic (exact) mass is 286 g/mol. The minimum Gasteiger partial charge on any atom is -0.207 e. The van der Waals surface area contributed by atoms with Crippen LogP contribution in [0, 0.1) is 24.5 Å². The quantitative estimate of drug-likeness (QED) is 0.593. The van der Waals surface area contributed by atoms with Crippen molar-refractivity contribution in [2.75, 3.05) is 0 Å². The van der Waals surface area contributed by atoms with Crippen LogP contribution in [0.15, 0.2) is 12.1 Å². The zero-order valence-electron chi connectivity index (χ0n) is 11.4. The standard InChI is InChI=1S/C16H21ClF2/c1-11-9-15(19)13(10-14(11)18)16(17)12-7-5-3-2-4-6-8-12/h9-10,12,16H,2-8H2,1H3. The molecule has 1 atom stereocenters. The van der Waals surface area contributed by atoms with Crippen LogP contribution >= 0.6 is 11.6 Å². The van der Waals surface area contributed by atoms with Crippen molar-refractivity contribution >= 4 is 11.6 Å². The van der Waals surface area contributed by atoms with Crippen molar-refractivity contribution < 1.29 is 8.78 Å². The molecule has 1 aromatic carbocycles.